The predicted molar refractivity (Wildman–Crippen MR) is 67.1 cm³/mol. The molecule has 1 saturated carbocycles. The van der Waals surface area contributed by atoms with E-state index >= 15 is 0 Å². The maximum atomic E-state index is 7.26. The van der Waals surface area contributed by atoms with Crippen molar-refractivity contribution in [3.8, 4) is 0 Å². The minimum atomic E-state index is 0. The molecular formula is C8H19Br2N3. The second-order valence-electron chi connectivity index (χ2n) is 3.41. The molecule has 0 spiro atoms. The minimum absolute atomic E-state index is 0. The van der Waals surface area contributed by atoms with Crippen LogP contribution in [0, 0.1) is 17.2 Å². The van der Waals surface area contributed by atoms with Gasteiger partial charge in [-0.1, -0.05) is 0 Å². The summed E-state index contributed by atoms with van der Waals surface area (Å²) in [4.78, 5) is 0. The highest BCUT2D eigenvalue weighted by atomic mass is 79.9. The first kappa shape index (κ1) is 15.8. The first-order valence-corrected chi connectivity index (χ1v) is 4.28. The van der Waals surface area contributed by atoms with Crippen LogP contribution in [0.5, 0.6) is 0 Å². The maximum absolute atomic E-state index is 7.26. The molecule has 0 aromatic carbocycles. The first-order chi connectivity index (χ1) is 5.24. The van der Waals surface area contributed by atoms with Crippen molar-refractivity contribution in [1.82, 2.24) is 0 Å². The molecule has 0 saturated heterocycles. The van der Waals surface area contributed by atoms with E-state index in [2.05, 4.69) is 0 Å². The summed E-state index contributed by atoms with van der Waals surface area (Å²) in [7, 11) is 0. The molecule has 5 N–H and O–H groups in total. The summed E-state index contributed by atoms with van der Waals surface area (Å²) in [5.41, 5.74) is 10.9. The lowest BCUT2D eigenvalue weighted by atomic mass is 9.81. The van der Waals surface area contributed by atoms with Gasteiger partial charge in [0.05, 0.1) is 5.84 Å². The van der Waals surface area contributed by atoms with Crippen molar-refractivity contribution in [2.24, 2.45) is 23.3 Å². The minimum Gasteiger partial charge on any atom is -0.387 e. The molecule has 0 aromatic rings. The zero-order chi connectivity index (χ0) is 8.27. The van der Waals surface area contributed by atoms with Gasteiger partial charge < -0.3 is 11.5 Å². The molecule has 0 bridgehead atoms. The Bertz CT molecular complexity index is 144. The number of halogens is 2. The van der Waals surface area contributed by atoms with E-state index in [9.17, 15) is 0 Å². The molecule has 1 aliphatic carbocycles. The summed E-state index contributed by atoms with van der Waals surface area (Å²) in [6.45, 7) is 0.796. The lowest BCUT2D eigenvalue weighted by Gasteiger charge is -2.26. The lowest BCUT2D eigenvalue weighted by molar-refractivity contribution is 0.327. The van der Waals surface area contributed by atoms with Crippen LogP contribution >= 0.6 is 34.0 Å². The summed E-state index contributed by atoms with van der Waals surface area (Å²) in [6, 6.07) is 0. The molecule has 3 nitrogen and oxygen atoms in total. The molecule has 0 radical (unpaired) electrons. The van der Waals surface area contributed by atoms with Crippen LogP contribution in [0.1, 0.15) is 25.7 Å². The second-order valence-corrected chi connectivity index (χ2v) is 3.41. The van der Waals surface area contributed by atoms with E-state index in [0.29, 0.717) is 17.7 Å². The van der Waals surface area contributed by atoms with E-state index in [-0.39, 0.29) is 34.0 Å². The molecule has 80 valence electrons. The molecule has 1 rings (SSSR count). The summed E-state index contributed by atoms with van der Waals surface area (Å²) >= 11 is 0. The van der Waals surface area contributed by atoms with E-state index < -0.39 is 0 Å². The number of nitrogens with two attached hydrogens (primary N) is 2. The quantitative estimate of drug-likeness (QED) is 0.537. The monoisotopic (exact) mass is 315 g/mol. The van der Waals surface area contributed by atoms with Crippen molar-refractivity contribution in [1.29, 1.82) is 5.41 Å². The Kier molecular flexibility index (Phi) is 9.46. The zero-order valence-electron chi connectivity index (χ0n) is 7.66. The highest BCUT2D eigenvalue weighted by Gasteiger charge is 2.21. The third-order valence-corrected chi connectivity index (χ3v) is 2.62. The van der Waals surface area contributed by atoms with Gasteiger partial charge in [0.2, 0.25) is 0 Å². The summed E-state index contributed by atoms with van der Waals surface area (Å²) < 4.78 is 0. The SMILES string of the molecule is Br.Br.N=C(N)C1CCC(CN)CC1. The summed E-state index contributed by atoms with van der Waals surface area (Å²) in [5, 5.41) is 7.26. The number of amidine groups is 1. The fourth-order valence-electron chi connectivity index (χ4n) is 1.71. The smallest absolute Gasteiger partial charge is 0.0936 e. The average Bonchev–Trinajstić information content (AvgIpc) is 2.05. The second kappa shape index (κ2) is 7.76. The van der Waals surface area contributed by atoms with Crippen LogP contribution < -0.4 is 11.5 Å². The summed E-state index contributed by atoms with van der Waals surface area (Å²) in [5.74, 6) is 1.39. The largest absolute Gasteiger partial charge is 0.387 e. The Morgan fingerprint density at radius 3 is 1.92 bits per heavy atom. The van der Waals surface area contributed by atoms with Gasteiger partial charge in [-0.2, -0.15) is 0 Å². The standard InChI is InChI=1S/C8H17N3.2BrH/c9-5-6-1-3-7(4-2-6)8(10)11;;/h6-7H,1-5,9H2,(H3,10,11);2*1H. The van der Waals surface area contributed by atoms with Gasteiger partial charge in [0.15, 0.2) is 0 Å². The highest BCUT2D eigenvalue weighted by Crippen LogP contribution is 2.27. The van der Waals surface area contributed by atoms with Gasteiger partial charge in [0, 0.05) is 5.92 Å². The van der Waals surface area contributed by atoms with Crippen LogP contribution in [-0.4, -0.2) is 12.4 Å². The van der Waals surface area contributed by atoms with Crippen LogP contribution in [0.25, 0.3) is 0 Å². The number of hydrogen-bond acceptors (Lipinski definition) is 2. The van der Waals surface area contributed by atoms with E-state index in [1.807, 2.05) is 0 Å². The molecule has 0 aliphatic heterocycles. The average molecular weight is 317 g/mol. The molecule has 5 heteroatoms. The zero-order valence-corrected chi connectivity index (χ0v) is 11.1. The van der Waals surface area contributed by atoms with E-state index in [1.54, 1.807) is 0 Å². The molecule has 1 fully saturated rings. The normalized spacial score (nSPS) is 26.8. The van der Waals surface area contributed by atoms with Crippen molar-refractivity contribution in [3.63, 3.8) is 0 Å². The van der Waals surface area contributed by atoms with Crippen molar-refractivity contribution in [3.05, 3.63) is 0 Å². The Morgan fingerprint density at radius 1 is 1.15 bits per heavy atom. The maximum Gasteiger partial charge on any atom is 0.0936 e. The van der Waals surface area contributed by atoms with Crippen LogP contribution in [0.15, 0.2) is 0 Å². The van der Waals surface area contributed by atoms with Gasteiger partial charge in [-0.15, -0.1) is 34.0 Å². The number of nitrogens with one attached hydrogen (secondary N) is 1. The molecule has 0 amide bonds. The fraction of sp³-hybridized carbons (Fsp3) is 0.875. The third-order valence-electron chi connectivity index (χ3n) is 2.62. The van der Waals surface area contributed by atoms with Crippen LogP contribution in [0.3, 0.4) is 0 Å². The van der Waals surface area contributed by atoms with Gasteiger partial charge in [0.1, 0.15) is 0 Å². The Hall–Kier alpha value is 0.390. The van der Waals surface area contributed by atoms with Crippen LogP contribution in [0.2, 0.25) is 0 Å². The Labute approximate surface area is 101 Å². The van der Waals surface area contributed by atoms with E-state index in [1.165, 1.54) is 0 Å². The van der Waals surface area contributed by atoms with Gasteiger partial charge in [0.25, 0.3) is 0 Å². The highest BCUT2D eigenvalue weighted by molar-refractivity contribution is 8.93. The molecule has 1 aliphatic rings. The summed E-state index contributed by atoms with van der Waals surface area (Å²) in [6.07, 6.45) is 4.44. The topological polar surface area (TPSA) is 75.9 Å². The third kappa shape index (κ3) is 4.98. The van der Waals surface area contributed by atoms with Gasteiger partial charge in [-0.3, -0.25) is 5.41 Å². The fourth-order valence-corrected chi connectivity index (χ4v) is 1.71. The Morgan fingerprint density at radius 2 is 1.62 bits per heavy atom. The van der Waals surface area contributed by atoms with Crippen molar-refractivity contribution in [2.45, 2.75) is 25.7 Å². The molecule has 13 heavy (non-hydrogen) atoms. The molecule has 0 aromatic heterocycles. The predicted octanol–water partition coefficient (Wildman–Crippen LogP) is 1.84. The molecule has 0 unspecified atom stereocenters. The van der Waals surface area contributed by atoms with E-state index in [0.717, 1.165) is 32.2 Å². The van der Waals surface area contributed by atoms with Crippen LogP contribution in [-0.2, 0) is 0 Å². The molecule has 0 heterocycles. The lowest BCUT2D eigenvalue weighted by Crippen LogP contribution is -2.29. The van der Waals surface area contributed by atoms with Crippen LogP contribution in [0.4, 0.5) is 0 Å². The van der Waals surface area contributed by atoms with Gasteiger partial charge >= 0.3 is 0 Å². The molecular weight excluding hydrogens is 298 g/mol. The number of rotatable bonds is 2. The van der Waals surface area contributed by atoms with Crippen molar-refractivity contribution in [2.75, 3.05) is 6.54 Å². The van der Waals surface area contributed by atoms with E-state index in [4.69, 9.17) is 16.9 Å². The number of hydrogen-bond donors (Lipinski definition) is 3. The van der Waals surface area contributed by atoms with Gasteiger partial charge in [-0.25, -0.2) is 0 Å². The van der Waals surface area contributed by atoms with Crippen molar-refractivity contribution >= 4 is 39.8 Å². The Balaban J connectivity index is 0. The molecule has 0 atom stereocenters. The first-order valence-electron chi connectivity index (χ1n) is 4.28. The van der Waals surface area contributed by atoms with Crippen molar-refractivity contribution < 1.29 is 0 Å². The van der Waals surface area contributed by atoms with Gasteiger partial charge in [-0.05, 0) is 38.1 Å².